The molecule has 12 heteroatoms. The van der Waals surface area contributed by atoms with E-state index in [2.05, 4.69) is 15.2 Å². The molecule has 3 amide bonds. The van der Waals surface area contributed by atoms with E-state index in [4.69, 9.17) is 28.5 Å². The third-order valence-electron chi connectivity index (χ3n) is 7.94. The Hall–Kier alpha value is -3.94. The number of hydrogen-bond donors (Lipinski definition) is 0. The van der Waals surface area contributed by atoms with Crippen molar-refractivity contribution in [1.82, 2.24) is 29.9 Å². The van der Waals surface area contributed by atoms with Crippen molar-refractivity contribution < 1.29 is 9.59 Å². The van der Waals surface area contributed by atoms with Gasteiger partial charge in [-0.2, -0.15) is 5.26 Å². The first-order valence-electron chi connectivity index (χ1n) is 13.9. The summed E-state index contributed by atoms with van der Waals surface area (Å²) in [5.41, 5.74) is 2.04. The minimum absolute atomic E-state index is 0.0167. The standard InChI is InChI=1S/C30H32Cl2N8O2/c1-37(2)30(42)40-15-14-38(13-3-4-27(40)20-5-7-21(31)8-6-20)29(41)25-19-39(28-12-10-23(16-33)35-36-28)18-24(25)26-11-9-22(32)17-34-26/h5-12,17,24-25,27H,3-4,13-15,18-19H2,1-2H3/t24-,25-,27+/m1/s1. The van der Waals surface area contributed by atoms with Gasteiger partial charge >= 0.3 is 6.03 Å². The smallest absolute Gasteiger partial charge is 0.320 e. The Bertz CT molecular complexity index is 1440. The van der Waals surface area contributed by atoms with E-state index in [0.717, 1.165) is 17.7 Å². The fraction of sp³-hybridized carbons (Fsp3) is 0.400. The first kappa shape index (κ1) is 29.5. The van der Waals surface area contributed by atoms with E-state index in [1.54, 1.807) is 43.4 Å². The summed E-state index contributed by atoms with van der Waals surface area (Å²) in [6.45, 7) is 2.34. The van der Waals surface area contributed by atoms with Crippen molar-refractivity contribution in [3.63, 3.8) is 0 Å². The molecule has 2 aliphatic heterocycles. The van der Waals surface area contributed by atoms with Gasteiger partial charge in [-0.3, -0.25) is 9.78 Å². The molecule has 0 unspecified atom stereocenters. The van der Waals surface area contributed by atoms with Crippen molar-refractivity contribution in [2.45, 2.75) is 24.8 Å². The highest BCUT2D eigenvalue weighted by molar-refractivity contribution is 6.30. The Morgan fingerprint density at radius 3 is 2.36 bits per heavy atom. The number of carbonyl (C=O) groups is 2. The third-order valence-corrected chi connectivity index (χ3v) is 8.42. The molecular formula is C30H32Cl2N8O2. The Balaban J connectivity index is 1.39. The van der Waals surface area contributed by atoms with Crippen molar-refractivity contribution in [3.05, 3.63) is 81.7 Å². The lowest BCUT2D eigenvalue weighted by Crippen LogP contribution is -2.49. The van der Waals surface area contributed by atoms with E-state index in [1.165, 1.54) is 0 Å². The fourth-order valence-corrected chi connectivity index (χ4v) is 6.04. The molecule has 2 aromatic heterocycles. The number of hydrogen-bond acceptors (Lipinski definition) is 7. The number of nitrogens with zero attached hydrogens (tertiary/aromatic N) is 8. The van der Waals surface area contributed by atoms with Crippen LogP contribution in [0.25, 0.3) is 0 Å². The van der Waals surface area contributed by atoms with Gasteiger partial charge in [0.2, 0.25) is 5.91 Å². The maximum absolute atomic E-state index is 14.2. The maximum atomic E-state index is 14.2. The third kappa shape index (κ3) is 6.42. The van der Waals surface area contributed by atoms with Gasteiger partial charge in [0, 0.05) is 69.7 Å². The van der Waals surface area contributed by atoms with Crippen molar-refractivity contribution in [1.29, 1.82) is 5.26 Å². The molecule has 2 aliphatic rings. The molecule has 0 aliphatic carbocycles. The molecule has 2 fully saturated rings. The van der Waals surface area contributed by atoms with Crippen LogP contribution in [-0.4, -0.2) is 88.6 Å². The van der Waals surface area contributed by atoms with Gasteiger partial charge in [0.1, 0.15) is 6.07 Å². The number of halogens is 2. The largest absolute Gasteiger partial charge is 0.354 e. The summed E-state index contributed by atoms with van der Waals surface area (Å²) in [7, 11) is 3.48. The zero-order valence-electron chi connectivity index (χ0n) is 23.5. The Kier molecular flexibility index (Phi) is 9.09. The Morgan fingerprint density at radius 1 is 0.952 bits per heavy atom. The zero-order valence-corrected chi connectivity index (χ0v) is 25.0. The van der Waals surface area contributed by atoms with Crippen LogP contribution in [0.1, 0.15) is 41.8 Å². The highest BCUT2D eigenvalue weighted by Gasteiger charge is 2.42. The fourth-order valence-electron chi connectivity index (χ4n) is 5.80. The number of pyridine rings is 1. The monoisotopic (exact) mass is 606 g/mol. The van der Waals surface area contributed by atoms with Crippen molar-refractivity contribution >= 4 is 41.0 Å². The van der Waals surface area contributed by atoms with E-state index < -0.39 is 0 Å². The molecule has 2 saturated heterocycles. The van der Waals surface area contributed by atoms with E-state index in [1.807, 2.05) is 51.1 Å². The van der Waals surface area contributed by atoms with Crippen molar-refractivity contribution in [3.8, 4) is 6.07 Å². The number of urea groups is 1. The molecule has 1 aromatic carbocycles. The second-order valence-electron chi connectivity index (χ2n) is 10.8. The summed E-state index contributed by atoms with van der Waals surface area (Å²) in [5.74, 6) is 0.0344. The Morgan fingerprint density at radius 2 is 1.71 bits per heavy atom. The van der Waals surface area contributed by atoms with Crippen molar-refractivity contribution in [2.75, 3.05) is 51.7 Å². The average molecular weight is 608 g/mol. The molecule has 0 saturated carbocycles. The van der Waals surface area contributed by atoms with Crippen molar-refractivity contribution in [2.24, 2.45) is 5.92 Å². The summed E-state index contributed by atoms with van der Waals surface area (Å²) in [6, 6.07) is 16.4. The molecule has 218 valence electrons. The number of aromatic nitrogens is 3. The van der Waals surface area contributed by atoms with Crippen LogP contribution in [-0.2, 0) is 4.79 Å². The quantitative estimate of drug-likeness (QED) is 0.426. The number of benzene rings is 1. The highest BCUT2D eigenvalue weighted by atomic mass is 35.5. The van der Waals surface area contributed by atoms with E-state index >= 15 is 0 Å². The first-order valence-corrected chi connectivity index (χ1v) is 14.6. The van der Waals surface area contributed by atoms with E-state index in [9.17, 15) is 9.59 Å². The highest BCUT2D eigenvalue weighted by Crippen LogP contribution is 2.36. The second kappa shape index (κ2) is 12.9. The molecule has 10 nitrogen and oxygen atoms in total. The van der Waals surface area contributed by atoms with Gasteiger partial charge in [-0.15, -0.1) is 10.2 Å². The lowest BCUT2D eigenvalue weighted by Gasteiger charge is -2.39. The molecule has 3 atom stereocenters. The summed E-state index contributed by atoms with van der Waals surface area (Å²) in [4.78, 5) is 39.4. The summed E-state index contributed by atoms with van der Waals surface area (Å²) in [5, 5.41) is 18.5. The molecule has 0 bridgehead atoms. The lowest BCUT2D eigenvalue weighted by molar-refractivity contribution is -0.136. The maximum Gasteiger partial charge on any atom is 0.320 e. The topological polar surface area (TPSA) is 110 Å². The zero-order chi connectivity index (χ0) is 29.8. The normalized spacial score (nSPS) is 20.9. The summed E-state index contributed by atoms with van der Waals surface area (Å²) >= 11 is 12.2. The predicted octanol–water partition coefficient (Wildman–Crippen LogP) is 4.62. The van der Waals surface area contributed by atoms with Crippen LogP contribution < -0.4 is 4.90 Å². The van der Waals surface area contributed by atoms with Crippen LogP contribution in [0.5, 0.6) is 0 Å². The molecule has 4 heterocycles. The average Bonchev–Trinajstić information content (AvgIpc) is 3.43. The minimum atomic E-state index is -0.388. The SMILES string of the molecule is CN(C)C(=O)N1CCN(C(=O)[C@@H]2CN(c3ccc(C#N)nn3)C[C@H]2c2ccc(Cl)cn2)CCC[C@H]1c1ccc(Cl)cc1. The van der Waals surface area contributed by atoms with Gasteiger partial charge < -0.3 is 19.6 Å². The number of anilines is 1. The number of amides is 3. The van der Waals surface area contributed by atoms with Gasteiger partial charge in [0.25, 0.3) is 0 Å². The molecule has 5 rings (SSSR count). The number of nitriles is 1. The van der Waals surface area contributed by atoms with E-state index in [0.29, 0.717) is 55.0 Å². The van der Waals surface area contributed by atoms with Gasteiger partial charge in [0.15, 0.2) is 11.5 Å². The first-order chi connectivity index (χ1) is 20.2. The number of rotatable bonds is 4. The van der Waals surface area contributed by atoms with Crippen LogP contribution >= 0.6 is 23.2 Å². The minimum Gasteiger partial charge on any atom is -0.354 e. The van der Waals surface area contributed by atoms with Crippen LogP contribution in [0.15, 0.2) is 54.7 Å². The van der Waals surface area contributed by atoms with Gasteiger partial charge in [-0.05, 0) is 54.8 Å². The molecule has 0 radical (unpaired) electrons. The molecule has 42 heavy (non-hydrogen) atoms. The predicted molar refractivity (Wildman–Crippen MR) is 160 cm³/mol. The Labute approximate surface area is 255 Å². The molecular weight excluding hydrogens is 575 g/mol. The van der Waals surface area contributed by atoms with Crippen LogP contribution in [0, 0.1) is 17.2 Å². The van der Waals surface area contributed by atoms with Crippen LogP contribution in [0.3, 0.4) is 0 Å². The van der Waals surface area contributed by atoms with Gasteiger partial charge in [-0.25, -0.2) is 4.79 Å². The molecule has 3 aromatic rings. The van der Waals surface area contributed by atoms with E-state index in [-0.39, 0.29) is 35.5 Å². The van der Waals surface area contributed by atoms with Gasteiger partial charge in [-0.1, -0.05) is 35.3 Å². The lowest BCUT2D eigenvalue weighted by atomic mass is 9.90. The summed E-state index contributed by atoms with van der Waals surface area (Å²) in [6.07, 6.45) is 3.04. The molecule has 0 N–H and O–H groups in total. The van der Waals surface area contributed by atoms with Gasteiger partial charge in [0.05, 0.1) is 17.0 Å². The number of carbonyl (C=O) groups excluding carboxylic acids is 2. The molecule has 0 spiro atoms. The summed E-state index contributed by atoms with van der Waals surface area (Å²) < 4.78 is 0. The van der Waals surface area contributed by atoms with Crippen LogP contribution in [0.4, 0.5) is 10.6 Å². The second-order valence-corrected chi connectivity index (χ2v) is 11.7. The van der Waals surface area contributed by atoms with Crippen LogP contribution in [0.2, 0.25) is 10.0 Å².